The number of aliphatic hydroxyl groups is 1. The Balaban J connectivity index is 1.37. The lowest BCUT2D eigenvalue weighted by atomic mass is 9.70. The van der Waals surface area contributed by atoms with Crippen LogP contribution < -0.4 is 9.64 Å². The predicted octanol–water partition coefficient (Wildman–Crippen LogP) is 3.54. The van der Waals surface area contributed by atoms with E-state index in [1.807, 2.05) is 43.3 Å². The number of hydrogen-bond acceptors (Lipinski definition) is 8. The molecule has 3 unspecified atom stereocenters. The first kappa shape index (κ1) is 33.8. The van der Waals surface area contributed by atoms with Crippen LogP contribution in [0.3, 0.4) is 0 Å². The van der Waals surface area contributed by atoms with Crippen molar-refractivity contribution in [2.24, 2.45) is 11.8 Å². The molecule has 3 fully saturated rings. The van der Waals surface area contributed by atoms with Crippen LogP contribution in [0.25, 0.3) is 11.0 Å². The monoisotopic (exact) mass is 720 g/mol. The smallest absolute Gasteiger partial charge is 0.250 e. The van der Waals surface area contributed by atoms with Gasteiger partial charge in [-0.2, -0.15) is 0 Å². The second-order valence-corrected chi connectivity index (χ2v) is 13.5. The molecule has 6 atom stereocenters. The van der Waals surface area contributed by atoms with Crippen LogP contribution in [-0.4, -0.2) is 103 Å². The molecule has 6 rings (SSSR count). The van der Waals surface area contributed by atoms with Gasteiger partial charge in [-0.15, -0.1) is 18.3 Å². The number of rotatable bonds is 15. The van der Waals surface area contributed by atoms with E-state index in [9.17, 15) is 19.5 Å². The minimum Gasteiger partial charge on any atom is -0.494 e. The summed E-state index contributed by atoms with van der Waals surface area (Å²) in [5.74, 6) is -1.91. The number of anilines is 1. The normalized spacial score (nSPS) is 25.7. The van der Waals surface area contributed by atoms with E-state index in [4.69, 9.17) is 9.47 Å². The van der Waals surface area contributed by atoms with Crippen molar-refractivity contribution in [1.29, 1.82) is 0 Å². The Labute approximate surface area is 288 Å². The number of benzene rings is 2. The van der Waals surface area contributed by atoms with Gasteiger partial charge in [-0.25, -0.2) is 4.68 Å². The quantitative estimate of drug-likeness (QED) is 0.143. The molecular weight excluding hydrogens is 680 g/mol. The van der Waals surface area contributed by atoms with Crippen molar-refractivity contribution in [3.05, 3.63) is 73.8 Å². The minimum atomic E-state index is -1.24. The average Bonchev–Trinajstić information content (AvgIpc) is 3.81. The summed E-state index contributed by atoms with van der Waals surface area (Å²) < 4.78 is 14.0. The highest BCUT2D eigenvalue weighted by Gasteiger charge is 2.76. The van der Waals surface area contributed by atoms with Gasteiger partial charge in [0, 0.05) is 36.8 Å². The van der Waals surface area contributed by atoms with Crippen LogP contribution >= 0.6 is 15.9 Å². The standard InChI is InChI=1S/C35H41BrN6O6/c1-4-17-39(22-42-27-12-8-7-11-26(27)37-38-42)34(46)31-35-21-25(36)30(48-35)28(29(35)33(45)41(31)19-9-10-20-43)32(44)40(18-5-2)23-13-15-24(16-14-23)47-6-3/h4-5,7-8,11-16,25,28-31,43H,1-2,6,9-10,17-22H2,3H3/t25?,28-,29-,30-,31?,35?/m0/s1. The number of aliphatic hydroxyl groups excluding tert-OH is 1. The molecule has 3 aliphatic rings. The number of ether oxygens (including phenoxy) is 2. The molecule has 12 nitrogen and oxygen atoms in total. The fourth-order valence-electron chi connectivity index (χ4n) is 7.58. The minimum absolute atomic E-state index is 0.0427. The first-order valence-electron chi connectivity index (χ1n) is 16.4. The van der Waals surface area contributed by atoms with Crippen LogP contribution in [0, 0.1) is 11.8 Å². The molecule has 2 aromatic carbocycles. The number of carbonyl (C=O) groups is 3. The Morgan fingerprint density at radius 2 is 1.88 bits per heavy atom. The summed E-state index contributed by atoms with van der Waals surface area (Å²) in [6, 6.07) is 13.7. The van der Waals surface area contributed by atoms with E-state index in [0.29, 0.717) is 42.8 Å². The number of halogens is 1. The fourth-order valence-corrected chi connectivity index (χ4v) is 8.52. The zero-order valence-corrected chi connectivity index (χ0v) is 28.6. The van der Waals surface area contributed by atoms with Crippen molar-refractivity contribution < 1.29 is 29.0 Å². The van der Waals surface area contributed by atoms with Crippen LogP contribution in [0.2, 0.25) is 0 Å². The number of aromatic nitrogens is 3. The van der Waals surface area contributed by atoms with Gasteiger partial charge in [0.1, 0.15) is 29.6 Å². The topological polar surface area (TPSA) is 130 Å². The summed E-state index contributed by atoms with van der Waals surface area (Å²) in [6.07, 6.45) is 3.98. The molecule has 0 saturated carbocycles. The molecule has 0 radical (unpaired) electrons. The summed E-state index contributed by atoms with van der Waals surface area (Å²) in [7, 11) is 0. The van der Waals surface area contributed by atoms with Gasteiger partial charge in [0.15, 0.2) is 0 Å². The zero-order valence-electron chi connectivity index (χ0n) is 27.0. The third-order valence-corrected chi connectivity index (χ3v) is 10.4. The number of unbranched alkanes of at least 4 members (excludes halogenated alkanes) is 1. The lowest BCUT2D eigenvalue weighted by Crippen LogP contribution is -2.57. The number of fused-ring (bicyclic) bond motifs is 2. The van der Waals surface area contributed by atoms with E-state index in [-0.39, 0.29) is 55.5 Å². The van der Waals surface area contributed by atoms with Crippen molar-refractivity contribution in [2.45, 2.75) is 55.4 Å². The van der Waals surface area contributed by atoms with Gasteiger partial charge in [-0.1, -0.05) is 45.4 Å². The summed E-state index contributed by atoms with van der Waals surface area (Å²) >= 11 is 3.77. The Bertz CT molecular complexity index is 1680. The van der Waals surface area contributed by atoms with Crippen LogP contribution in [0.15, 0.2) is 73.8 Å². The molecule has 4 heterocycles. The predicted molar refractivity (Wildman–Crippen MR) is 183 cm³/mol. The first-order valence-corrected chi connectivity index (χ1v) is 17.3. The number of likely N-dealkylation sites (tertiary alicyclic amines) is 1. The van der Waals surface area contributed by atoms with Crippen molar-refractivity contribution in [1.82, 2.24) is 24.8 Å². The summed E-state index contributed by atoms with van der Waals surface area (Å²) in [6.45, 7) is 10.9. The molecule has 3 saturated heterocycles. The summed E-state index contributed by atoms with van der Waals surface area (Å²) in [4.78, 5) is 48.5. The van der Waals surface area contributed by atoms with Gasteiger partial charge >= 0.3 is 0 Å². The Kier molecular flexibility index (Phi) is 10.00. The molecule has 13 heteroatoms. The number of para-hydroxylation sites is 1. The first-order chi connectivity index (χ1) is 23.3. The van der Waals surface area contributed by atoms with E-state index in [0.717, 1.165) is 5.52 Å². The van der Waals surface area contributed by atoms with E-state index < -0.39 is 29.6 Å². The molecule has 48 heavy (non-hydrogen) atoms. The number of alkyl halides is 1. The molecule has 3 aliphatic heterocycles. The molecule has 1 spiro atoms. The van der Waals surface area contributed by atoms with Crippen molar-refractivity contribution in [2.75, 3.05) is 37.7 Å². The maximum Gasteiger partial charge on any atom is 0.250 e. The molecule has 1 N–H and O–H groups in total. The van der Waals surface area contributed by atoms with E-state index in [1.165, 1.54) is 0 Å². The highest BCUT2D eigenvalue weighted by molar-refractivity contribution is 9.09. The molecule has 3 aromatic rings. The van der Waals surface area contributed by atoms with E-state index >= 15 is 0 Å². The third-order valence-electron chi connectivity index (χ3n) is 9.54. The third kappa shape index (κ3) is 5.81. The maximum absolute atomic E-state index is 14.8. The van der Waals surface area contributed by atoms with Gasteiger partial charge in [-0.3, -0.25) is 14.4 Å². The lowest BCUT2D eigenvalue weighted by molar-refractivity contribution is -0.149. The SMILES string of the molecule is C=CCN(Cn1nnc2ccccc21)C(=O)C1N(CCCCO)C(=O)[C@@H]2[C@H](C(=O)N(CC=C)c3ccc(OCC)cc3)[C@H]3OC12CC3Br. The van der Waals surface area contributed by atoms with E-state index in [1.54, 1.807) is 43.7 Å². The molecule has 2 bridgehead atoms. The van der Waals surface area contributed by atoms with Gasteiger partial charge in [0.2, 0.25) is 17.7 Å². The summed E-state index contributed by atoms with van der Waals surface area (Å²) in [5.41, 5.74) is 0.858. The van der Waals surface area contributed by atoms with Gasteiger partial charge in [0.25, 0.3) is 0 Å². The molecule has 3 amide bonds. The van der Waals surface area contributed by atoms with Crippen molar-refractivity contribution >= 4 is 50.4 Å². The highest BCUT2D eigenvalue weighted by atomic mass is 79.9. The van der Waals surface area contributed by atoms with Crippen LogP contribution in [0.4, 0.5) is 5.69 Å². The number of nitrogens with zero attached hydrogens (tertiary/aromatic N) is 6. The summed E-state index contributed by atoms with van der Waals surface area (Å²) in [5, 5.41) is 18.1. The average molecular weight is 722 g/mol. The van der Waals surface area contributed by atoms with Gasteiger partial charge in [0.05, 0.1) is 30.1 Å². The molecule has 254 valence electrons. The number of hydrogen-bond donors (Lipinski definition) is 1. The van der Waals surface area contributed by atoms with Gasteiger partial charge < -0.3 is 29.3 Å². The van der Waals surface area contributed by atoms with Crippen molar-refractivity contribution in [3.8, 4) is 5.75 Å². The highest BCUT2D eigenvalue weighted by Crippen LogP contribution is 2.60. The fraction of sp³-hybridized carbons (Fsp3) is 0.457. The second kappa shape index (κ2) is 14.2. The lowest BCUT2D eigenvalue weighted by Gasteiger charge is -2.37. The second-order valence-electron chi connectivity index (χ2n) is 12.4. The largest absolute Gasteiger partial charge is 0.494 e. The van der Waals surface area contributed by atoms with Crippen LogP contribution in [-0.2, 0) is 25.8 Å². The Hall–Kier alpha value is -4.07. The van der Waals surface area contributed by atoms with Crippen LogP contribution in [0.5, 0.6) is 5.75 Å². The number of carbonyl (C=O) groups excluding carboxylic acids is 3. The molecule has 1 aromatic heterocycles. The molecular formula is C35H41BrN6O6. The van der Waals surface area contributed by atoms with E-state index in [2.05, 4.69) is 39.4 Å². The molecule has 0 aliphatic carbocycles. The Morgan fingerprint density at radius 3 is 2.58 bits per heavy atom. The van der Waals surface area contributed by atoms with Crippen LogP contribution in [0.1, 0.15) is 26.2 Å². The van der Waals surface area contributed by atoms with Crippen molar-refractivity contribution in [3.63, 3.8) is 0 Å². The zero-order chi connectivity index (χ0) is 34.0. The maximum atomic E-state index is 14.8. The van der Waals surface area contributed by atoms with Gasteiger partial charge in [-0.05, 0) is 62.6 Å². The number of amides is 3. The Morgan fingerprint density at radius 1 is 1.12 bits per heavy atom.